The van der Waals surface area contributed by atoms with Gasteiger partial charge in [0.15, 0.2) is 47.6 Å². The SMILES string of the molecule is Cn1c[n+]([C@@H]2O[C@H](COP(=O)([O-])OP(=O)(O)OP(=O)(O)OC[C@@]34COC([C@H](n5cnc6c(N)ncnc65)O3)[C@H]4OP(=O)(O)OC[C@H]3O[C@@H](n4cnc5c(=O)[nH]c(N)nc54)C(O)[C@H]3O)[C@H](O)C2F)c2nc(N)[nH]c(=O)c21. The number of phosphoric ester groups is 3. The Balaban J connectivity index is 0.809. The molecule has 10 rings (SSSR count). The van der Waals surface area contributed by atoms with Crippen molar-refractivity contribution in [2.75, 3.05) is 43.6 Å². The molecular formula is C32H40FN15O23P4. The summed E-state index contributed by atoms with van der Waals surface area (Å²) in [5.74, 6) is -0.766. The Morgan fingerprint density at radius 3 is 2.24 bits per heavy atom. The normalized spacial score (nSPS) is 32.0. The van der Waals surface area contributed by atoms with Crippen LogP contribution in [0.4, 0.5) is 22.1 Å². The summed E-state index contributed by atoms with van der Waals surface area (Å²) in [5, 5.41) is 32.3. The standard InChI is InChI=1S/C32H40FN15O23P4/c1-45-9-48(24-15(45)26(53)44-31(36)42-24)27-12(33)16(49)10(66-27)2-64-73(56,57)70-75(60,61)71-74(58,59)65-5-32-4-62-19(29(68-32)46-7-39-13-21(34)37-6-38-22(13)46)20(32)69-72(54,55)63-3-11-17(50)18(51)28(67-11)47-8-40-14-23(47)41-30(35)43-25(14)52/h6-12,16-20,27-29,49-51H,2-5H2,1H3,(H11-,34,35,36,37,38,41,42,43,44,52,53,54,55,56,57,58,59,60,61)/t10-,11-,12?,16+,17+,18?,19?,20-,27-,28-,29-,32-/m1/s1. The third-order valence-corrected chi connectivity index (χ3v) is 17.1. The molecule has 16 atom stereocenters. The van der Waals surface area contributed by atoms with Crippen molar-refractivity contribution in [1.29, 1.82) is 0 Å². The molecule has 2 bridgehead atoms. The molecule has 408 valence electrons. The van der Waals surface area contributed by atoms with Crippen molar-refractivity contribution in [2.45, 2.75) is 73.2 Å². The van der Waals surface area contributed by atoms with Gasteiger partial charge in [0, 0.05) is 0 Å². The van der Waals surface area contributed by atoms with Gasteiger partial charge in [-0.15, -0.1) is 0 Å². The number of aliphatic hydroxyl groups excluding tert-OH is 3. The Kier molecular flexibility index (Phi) is 13.5. The molecule has 14 N–H and O–H groups in total. The van der Waals surface area contributed by atoms with E-state index in [1.54, 1.807) is 0 Å². The monoisotopic (exact) mass is 1150 g/mol. The van der Waals surface area contributed by atoms with Crippen LogP contribution in [0, 0.1) is 0 Å². The number of ether oxygens (including phenoxy) is 4. The molecule has 0 aromatic carbocycles. The lowest BCUT2D eigenvalue weighted by Crippen LogP contribution is -2.45. The lowest BCUT2D eigenvalue weighted by molar-refractivity contribution is -0.744. The first-order valence-corrected chi connectivity index (χ1v) is 27.1. The van der Waals surface area contributed by atoms with Gasteiger partial charge in [0.05, 0.1) is 46.1 Å². The zero-order valence-electron chi connectivity index (χ0n) is 37.5. The number of aromatic amines is 2. The Morgan fingerprint density at radius 1 is 0.827 bits per heavy atom. The highest BCUT2D eigenvalue weighted by atomic mass is 31.3. The fourth-order valence-corrected chi connectivity index (χ4v) is 13.2. The first-order chi connectivity index (χ1) is 35.2. The van der Waals surface area contributed by atoms with E-state index < -0.39 is 142 Å². The van der Waals surface area contributed by atoms with Crippen molar-refractivity contribution in [1.82, 2.24) is 53.6 Å². The molecule has 75 heavy (non-hydrogen) atoms. The Labute approximate surface area is 413 Å². The van der Waals surface area contributed by atoms with Gasteiger partial charge in [-0.25, -0.2) is 46.9 Å². The fourth-order valence-electron chi connectivity index (χ4n) is 8.69. The maximum atomic E-state index is 15.4. The molecule has 7 unspecified atom stereocenters. The molecule has 38 nitrogen and oxygen atoms in total. The lowest BCUT2D eigenvalue weighted by atomic mass is 10.0. The summed E-state index contributed by atoms with van der Waals surface area (Å²) in [6.45, 7) is -4.28. The molecule has 4 aliphatic heterocycles. The first-order valence-electron chi connectivity index (χ1n) is 21.2. The number of aliphatic hydroxyl groups is 3. The van der Waals surface area contributed by atoms with Crippen LogP contribution in [0.1, 0.15) is 18.7 Å². The van der Waals surface area contributed by atoms with Gasteiger partial charge in [-0.3, -0.25) is 51.4 Å². The molecule has 0 saturated carbocycles. The second-order valence-corrected chi connectivity index (χ2v) is 22.9. The van der Waals surface area contributed by atoms with Crippen molar-refractivity contribution in [2.24, 2.45) is 7.05 Å². The fraction of sp³-hybridized carbons (Fsp3) is 0.531. The van der Waals surface area contributed by atoms with Crippen molar-refractivity contribution < 1.29 is 108 Å². The van der Waals surface area contributed by atoms with Crippen molar-refractivity contribution in [3.05, 3.63) is 46.0 Å². The molecule has 4 fully saturated rings. The number of nitrogens with two attached hydrogens (primary N) is 3. The number of halogens is 1. The maximum Gasteiger partial charge on any atom is 0.487 e. The summed E-state index contributed by atoms with van der Waals surface area (Å²) in [6.07, 6.45) is -15.1. The van der Waals surface area contributed by atoms with E-state index >= 15 is 4.39 Å². The highest BCUT2D eigenvalue weighted by molar-refractivity contribution is 7.66. The number of phosphoric acid groups is 4. The average Bonchev–Trinajstić information content (AvgIpc) is 4.23. The number of aromatic nitrogens is 12. The van der Waals surface area contributed by atoms with Crippen LogP contribution in [0.25, 0.3) is 33.5 Å². The number of alkyl halides is 1. The molecule has 10 heterocycles. The molecule has 0 radical (unpaired) electrons. The Hall–Kier alpha value is -5.18. The van der Waals surface area contributed by atoms with Crippen LogP contribution in [-0.2, 0) is 71.0 Å². The number of anilines is 3. The van der Waals surface area contributed by atoms with E-state index in [1.165, 1.54) is 22.5 Å². The minimum Gasteiger partial charge on any atom is -0.756 e. The van der Waals surface area contributed by atoms with E-state index in [1.807, 2.05) is 0 Å². The molecule has 4 saturated heterocycles. The van der Waals surface area contributed by atoms with Crippen LogP contribution < -0.4 is 37.8 Å². The quantitative estimate of drug-likeness (QED) is 0.0285. The third-order valence-electron chi connectivity index (χ3n) is 12.0. The number of rotatable bonds is 18. The number of nitrogens with zero attached hydrogens (tertiary/aromatic N) is 10. The van der Waals surface area contributed by atoms with E-state index in [9.17, 15) is 62.7 Å². The van der Waals surface area contributed by atoms with Gasteiger partial charge in [0.1, 0.15) is 60.2 Å². The van der Waals surface area contributed by atoms with Crippen LogP contribution >= 0.6 is 31.3 Å². The van der Waals surface area contributed by atoms with E-state index in [-0.39, 0.29) is 51.2 Å². The van der Waals surface area contributed by atoms with Crippen LogP contribution in [0.15, 0.2) is 34.9 Å². The van der Waals surface area contributed by atoms with Crippen molar-refractivity contribution in [3.63, 3.8) is 0 Å². The largest absolute Gasteiger partial charge is 0.756 e. The van der Waals surface area contributed by atoms with E-state index in [0.29, 0.717) is 0 Å². The zero-order chi connectivity index (χ0) is 53.9. The third kappa shape index (κ3) is 9.94. The van der Waals surface area contributed by atoms with Gasteiger partial charge in [-0.1, -0.05) is 4.98 Å². The highest BCUT2D eigenvalue weighted by Crippen LogP contribution is 2.67. The predicted octanol–water partition coefficient (Wildman–Crippen LogP) is -4.61. The van der Waals surface area contributed by atoms with E-state index in [4.69, 9.17) is 49.7 Å². The van der Waals surface area contributed by atoms with Gasteiger partial charge in [-0.2, -0.15) is 9.29 Å². The average molecular weight is 1150 g/mol. The number of imidazole rings is 3. The van der Waals surface area contributed by atoms with E-state index in [0.717, 1.165) is 28.1 Å². The molecule has 6 aromatic rings. The predicted molar refractivity (Wildman–Crippen MR) is 234 cm³/mol. The number of nitrogens with one attached hydrogen (secondary N) is 2. The van der Waals surface area contributed by atoms with Crippen molar-refractivity contribution in [3.8, 4) is 0 Å². The van der Waals surface area contributed by atoms with Gasteiger partial charge in [0.25, 0.3) is 24.9 Å². The van der Waals surface area contributed by atoms with Gasteiger partial charge < -0.3 is 75.6 Å². The number of hydrogen-bond acceptors (Lipinski definition) is 29. The molecule has 0 amide bonds. The number of aryl methyl sites for hydroxylation is 1. The van der Waals surface area contributed by atoms with Crippen LogP contribution in [0.5, 0.6) is 0 Å². The van der Waals surface area contributed by atoms with Crippen LogP contribution in [0.2, 0.25) is 0 Å². The maximum absolute atomic E-state index is 15.4. The Morgan fingerprint density at radius 2 is 1.49 bits per heavy atom. The number of nitrogen functional groups attached to an aromatic ring is 3. The topological polar surface area (TPSA) is 545 Å². The zero-order valence-corrected chi connectivity index (χ0v) is 41.1. The summed E-state index contributed by atoms with van der Waals surface area (Å²) >= 11 is 0. The molecule has 4 aliphatic rings. The second-order valence-electron chi connectivity index (χ2n) is 16.9. The van der Waals surface area contributed by atoms with Gasteiger partial charge >= 0.3 is 29.1 Å². The Bertz CT molecular complexity index is 3550. The minimum atomic E-state index is -6.30. The van der Waals surface area contributed by atoms with Gasteiger partial charge in [0.2, 0.25) is 17.7 Å². The minimum absolute atomic E-state index is 0.0112. The van der Waals surface area contributed by atoms with E-state index in [2.05, 4.69) is 53.0 Å². The highest BCUT2D eigenvalue weighted by Gasteiger charge is 2.66. The lowest BCUT2D eigenvalue weighted by Gasteiger charge is -2.32. The molecular weight excluding hydrogens is 1110 g/mol. The summed E-state index contributed by atoms with van der Waals surface area (Å²) in [7, 11) is -22.5. The van der Waals surface area contributed by atoms with Crippen LogP contribution in [-0.4, -0.2) is 165 Å². The summed E-state index contributed by atoms with van der Waals surface area (Å²) in [6, 6.07) is 0. The van der Waals surface area contributed by atoms with Crippen molar-refractivity contribution >= 4 is 82.5 Å². The summed E-state index contributed by atoms with van der Waals surface area (Å²) in [5.41, 5.74) is 12.9. The second kappa shape index (κ2) is 19.1. The summed E-state index contributed by atoms with van der Waals surface area (Å²) < 4.78 is 124. The smallest absolute Gasteiger partial charge is 0.487 e. The number of fused-ring (bicyclic) bond motifs is 5. The molecule has 0 aliphatic carbocycles. The molecule has 6 aromatic heterocycles. The number of H-pyrrole nitrogens is 2. The molecule has 0 spiro atoms. The first kappa shape index (κ1) is 53.2. The number of hydrogen-bond donors (Lipinski definition) is 11. The van der Waals surface area contributed by atoms with Gasteiger partial charge in [-0.05, 0) is 0 Å². The molecule has 43 heteroatoms. The summed E-state index contributed by atoms with van der Waals surface area (Å²) in [4.78, 5) is 98.0. The van der Waals surface area contributed by atoms with Crippen LogP contribution in [0.3, 0.4) is 0 Å².